The van der Waals surface area contributed by atoms with Gasteiger partial charge in [0, 0.05) is 30.8 Å². The molecule has 1 atom stereocenters. The Hall–Kier alpha value is -5.41. The number of hydrogen-bond donors (Lipinski definition) is 3. The quantitative estimate of drug-likeness (QED) is 0.266. The second kappa shape index (κ2) is 14.4. The van der Waals surface area contributed by atoms with Gasteiger partial charge in [-0.05, 0) is 68.7 Å². The number of carbonyl (C=O) groups is 3. The second-order valence-corrected chi connectivity index (χ2v) is 12.0. The zero-order chi connectivity index (χ0) is 36.3. The largest absolute Gasteiger partial charge is 0.443 e. The summed E-state index contributed by atoms with van der Waals surface area (Å²) in [5.74, 6) is -4.55. The molecule has 0 unspecified atom stereocenters. The van der Waals surface area contributed by atoms with Gasteiger partial charge in [0.25, 0.3) is 5.91 Å². The molecule has 10 nitrogen and oxygen atoms in total. The first-order valence-electron chi connectivity index (χ1n) is 14.7. The molecule has 49 heavy (non-hydrogen) atoms. The van der Waals surface area contributed by atoms with E-state index < -0.39 is 76.7 Å². The van der Waals surface area contributed by atoms with E-state index in [1.165, 1.54) is 45.2 Å². The molecule has 0 radical (unpaired) electrons. The van der Waals surface area contributed by atoms with Gasteiger partial charge >= 0.3 is 12.3 Å². The van der Waals surface area contributed by atoms with Gasteiger partial charge in [-0.15, -0.1) is 0 Å². The zero-order valence-electron chi connectivity index (χ0n) is 26.5. The van der Waals surface area contributed by atoms with Crippen LogP contribution in [0.4, 0.5) is 31.1 Å². The normalized spacial score (nSPS) is 16.0. The number of alkyl halides is 3. The smallest absolute Gasteiger partial charge is 0.432 e. The molecule has 2 heterocycles. The van der Waals surface area contributed by atoms with Crippen molar-refractivity contribution in [3.8, 4) is 11.1 Å². The summed E-state index contributed by atoms with van der Waals surface area (Å²) in [6.45, 7) is 3.60. The van der Waals surface area contributed by atoms with E-state index in [0.29, 0.717) is 16.5 Å². The van der Waals surface area contributed by atoms with E-state index >= 15 is 0 Å². The van der Waals surface area contributed by atoms with Crippen molar-refractivity contribution < 1.29 is 45.5 Å². The summed E-state index contributed by atoms with van der Waals surface area (Å²) in [7, 11) is 0. The molecule has 0 saturated carbocycles. The minimum Gasteiger partial charge on any atom is -0.443 e. The standard InChI is InChI=1S/C33H32F6N6O4/c1-32(2,3)49-31(48)45-10-8-24(28(45)29(40)33(37,38)39)43-16-26(46)44-25(13-17-11-19(34)15-20(35)12-17)27-21(5-4-9-42-27)18-6-7-23(36)22(14-18)30(41)47/h4-7,9,11-12,14-15,25H,8,10,13,16,40H2,1-3H3,(H2,41,47)(H,44,46)/t25-/m0/s1. The molecule has 2 aromatic carbocycles. The molecular formula is C33H32F6N6O4. The van der Waals surface area contributed by atoms with Crippen LogP contribution >= 0.6 is 0 Å². The Morgan fingerprint density at radius 1 is 1.02 bits per heavy atom. The average molecular weight is 691 g/mol. The summed E-state index contributed by atoms with van der Waals surface area (Å²) in [5.41, 5.74) is 7.47. The number of likely N-dealkylation sites (tertiary alicyclic amines) is 1. The number of hydrogen-bond acceptors (Lipinski definition) is 7. The molecular weight excluding hydrogens is 658 g/mol. The number of carbonyl (C=O) groups excluding carboxylic acids is 3. The Morgan fingerprint density at radius 3 is 2.31 bits per heavy atom. The maximum atomic E-state index is 14.3. The van der Waals surface area contributed by atoms with Crippen LogP contribution in [-0.4, -0.2) is 58.4 Å². The molecule has 1 saturated heterocycles. The lowest BCUT2D eigenvalue weighted by Crippen LogP contribution is -2.37. The van der Waals surface area contributed by atoms with Crippen molar-refractivity contribution in [2.45, 2.75) is 51.4 Å². The van der Waals surface area contributed by atoms with E-state index in [9.17, 15) is 40.7 Å². The van der Waals surface area contributed by atoms with Gasteiger partial charge in [0.1, 0.15) is 35.3 Å². The number of pyridine rings is 1. The van der Waals surface area contributed by atoms with E-state index in [1.54, 1.807) is 6.07 Å². The number of benzene rings is 2. The minimum atomic E-state index is -5.04. The van der Waals surface area contributed by atoms with Crippen LogP contribution in [0, 0.1) is 17.5 Å². The minimum absolute atomic E-state index is 0.106. The molecule has 3 aromatic rings. The highest BCUT2D eigenvalue weighted by Crippen LogP contribution is 2.33. The van der Waals surface area contributed by atoms with E-state index in [2.05, 4.69) is 15.3 Å². The number of nitrogens with one attached hydrogen (secondary N) is 1. The molecule has 0 aliphatic carbocycles. The Bertz CT molecular complexity index is 1820. The van der Waals surface area contributed by atoms with Crippen LogP contribution in [0.3, 0.4) is 0 Å². The molecule has 0 spiro atoms. The summed E-state index contributed by atoms with van der Waals surface area (Å²) in [6, 6.07) is 8.19. The highest BCUT2D eigenvalue weighted by atomic mass is 19.4. The van der Waals surface area contributed by atoms with Gasteiger partial charge in [-0.1, -0.05) is 12.1 Å². The van der Waals surface area contributed by atoms with Crippen LogP contribution in [0.2, 0.25) is 0 Å². The lowest BCUT2D eigenvalue weighted by atomic mass is 9.94. The van der Waals surface area contributed by atoms with Crippen LogP contribution in [0.5, 0.6) is 0 Å². The van der Waals surface area contributed by atoms with Crippen LogP contribution in [0.1, 0.15) is 54.8 Å². The predicted molar refractivity (Wildman–Crippen MR) is 166 cm³/mol. The van der Waals surface area contributed by atoms with Gasteiger partial charge in [-0.3, -0.25) is 24.5 Å². The fraction of sp³-hybridized carbons (Fsp3) is 0.303. The molecule has 5 N–H and O–H groups in total. The number of ether oxygens (including phenoxy) is 1. The summed E-state index contributed by atoms with van der Waals surface area (Å²) in [6.07, 6.45) is -5.18. The fourth-order valence-corrected chi connectivity index (χ4v) is 5.10. The third-order valence-corrected chi connectivity index (χ3v) is 7.11. The van der Waals surface area contributed by atoms with Crippen molar-refractivity contribution in [1.29, 1.82) is 0 Å². The van der Waals surface area contributed by atoms with E-state index in [4.69, 9.17) is 16.2 Å². The number of nitrogens with zero attached hydrogens (tertiary/aromatic N) is 3. The van der Waals surface area contributed by atoms with Gasteiger partial charge in [0.05, 0.1) is 28.7 Å². The van der Waals surface area contributed by atoms with Crippen LogP contribution < -0.4 is 16.8 Å². The van der Waals surface area contributed by atoms with Crippen molar-refractivity contribution in [2.24, 2.45) is 16.5 Å². The average Bonchev–Trinajstić information content (AvgIpc) is 3.41. The van der Waals surface area contributed by atoms with Crippen molar-refractivity contribution >= 4 is 23.6 Å². The van der Waals surface area contributed by atoms with Crippen molar-refractivity contribution in [3.63, 3.8) is 0 Å². The fourth-order valence-electron chi connectivity index (χ4n) is 5.10. The number of amides is 3. The number of aliphatic imine (C=N–C) groups is 1. The Kier molecular flexibility index (Phi) is 10.7. The van der Waals surface area contributed by atoms with E-state index in [-0.39, 0.29) is 41.9 Å². The van der Waals surface area contributed by atoms with E-state index in [0.717, 1.165) is 18.2 Å². The van der Waals surface area contributed by atoms with Gasteiger partial charge in [0.2, 0.25) is 5.91 Å². The molecule has 1 aromatic heterocycles. The highest BCUT2D eigenvalue weighted by molar-refractivity contribution is 6.06. The Morgan fingerprint density at radius 2 is 1.69 bits per heavy atom. The van der Waals surface area contributed by atoms with Crippen molar-refractivity contribution in [1.82, 2.24) is 15.2 Å². The molecule has 16 heteroatoms. The van der Waals surface area contributed by atoms with Crippen molar-refractivity contribution in [2.75, 3.05) is 13.1 Å². The first-order valence-corrected chi connectivity index (χ1v) is 14.7. The SMILES string of the molecule is CC(C)(C)OC(=O)N1CCC(=NCC(=O)N[C@@H](Cc2cc(F)cc(F)c2)c2ncccc2-c2ccc(F)c(C(N)=O)c2)C1=C(N)C(F)(F)F. The Labute approximate surface area is 276 Å². The van der Waals surface area contributed by atoms with Crippen molar-refractivity contribution in [3.05, 3.63) is 100 Å². The number of halogens is 6. The lowest BCUT2D eigenvalue weighted by molar-refractivity contribution is -0.120. The van der Waals surface area contributed by atoms with Crippen LogP contribution in [0.25, 0.3) is 11.1 Å². The summed E-state index contributed by atoms with van der Waals surface area (Å²) >= 11 is 0. The number of rotatable bonds is 8. The second-order valence-electron chi connectivity index (χ2n) is 12.0. The van der Waals surface area contributed by atoms with Gasteiger partial charge in [0.15, 0.2) is 0 Å². The monoisotopic (exact) mass is 690 g/mol. The van der Waals surface area contributed by atoms with Crippen LogP contribution in [-0.2, 0) is 16.0 Å². The number of aromatic nitrogens is 1. The first kappa shape index (κ1) is 36.4. The summed E-state index contributed by atoms with van der Waals surface area (Å²) in [4.78, 5) is 47.0. The third kappa shape index (κ3) is 9.15. The van der Waals surface area contributed by atoms with Gasteiger partial charge < -0.3 is 21.5 Å². The molecule has 1 aliphatic rings. The molecule has 4 rings (SSSR count). The molecule has 3 amide bonds. The maximum Gasteiger partial charge on any atom is 0.432 e. The highest BCUT2D eigenvalue weighted by Gasteiger charge is 2.42. The van der Waals surface area contributed by atoms with E-state index in [1.807, 2.05) is 0 Å². The zero-order valence-corrected chi connectivity index (χ0v) is 26.5. The molecule has 260 valence electrons. The Balaban J connectivity index is 1.70. The lowest BCUT2D eigenvalue weighted by Gasteiger charge is -2.26. The first-order chi connectivity index (χ1) is 22.8. The maximum absolute atomic E-state index is 14.3. The van der Waals surface area contributed by atoms with Crippen LogP contribution in [0.15, 0.2) is 71.1 Å². The predicted octanol–water partition coefficient (Wildman–Crippen LogP) is 5.48. The topological polar surface area (TPSA) is 153 Å². The number of allylic oxidation sites excluding steroid dienone is 2. The molecule has 0 bridgehead atoms. The third-order valence-electron chi connectivity index (χ3n) is 7.11. The summed E-state index contributed by atoms with van der Waals surface area (Å²) in [5, 5.41) is 2.65. The number of primary amides is 1. The summed E-state index contributed by atoms with van der Waals surface area (Å²) < 4.78 is 89.0. The van der Waals surface area contributed by atoms with Gasteiger partial charge in [-0.25, -0.2) is 18.0 Å². The molecule has 1 fully saturated rings. The number of nitrogens with two attached hydrogens (primary N) is 2. The molecule has 1 aliphatic heterocycles. The van der Waals surface area contributed by atoms with Gasteiger partial charge in [-0.2, -0.15) is 13.2 Å².